The van der Waals surface area contributed by atoms with Crippen LogP contribution in [-0.4, -0.2) is 35.7 Å². The Balaban J connectivity index is 4.24. The lowest BCUT2D eigenvalue weighted by Gasteiger charge is -2.39. The van der Waals surface area contributed by atoms with Gasteiger partial charge in [-0.05, 0) is 48.0 Å². The molecule has 0 unspecified atom stereocenters. The molecular formula is C13H27N3O. The first-order valence-corrected chi connectivity index (χ1v) is 5.99. The first-order valence-electron chi connectivity index (χ1n) is 5.99. The van der Waals surface area contributed by atoms with Crippen molar-refractivity contribution >= 4 is 12.4 Å². The third-order valence-corrected chi connectivity index (χ3v) is 3.23. The Labute approximate surface area is 105 Å². The highest BCUT2D eigenvalue weighted by molar-refractivity contribution is 6.14. The lowest BCUT2D eigenvalue weighted by molar-refractivity contribution is -0.0661. The van der Waals surface area contributed by atoms with Crippen LogP contribution < -0.4 is 5.73 Å². The molecule has 17 heavy (non-hydrogen) atoms. The summed E-state index contributed by atoms with van der Waals surface area (Å²) < 4.78 is 5.85. The summed E-state index contributed by atoms with van der Waals surface area (Å²) in [7, 11) is 0. The highest BCUT2D eigenvalue weighted by Gasteiger charge is 2.34. The lowest BCUT2D eigenvalue weighted by Crippen LogP contribution is -2.54. The summed E-state index contributed by atoms with van der Waals surface area (Å²) >= 11 is 0. The molecule has 0 aromatic heterocycles. The van der Waals surface area contributed by atoms with Gasteiger partial charge in [-0.15, -0.1) is 0 Å². The molecule has 0 bridgehead atoms. The quantitative estimate of drug-likeness (QED) is 0.672. The highest BCUT2D eigenvalue weighted by atomic mass is 16.5. The topological polar surface area (TPSA) is 71.5 Å². The van der Waals surface area contributed by atoms with Crippen LogP contribution in [0.15, 0.2) is 4.99 Å². The Hall–Kier alpha value is -0.740. The summed E-state index contributed by atoms with van der Waals surface area (Å²) in [5.41, 5.74) is 5.11. The smallest absolute Gasteiger partial charge is 0.0799 e. The zero-order valence-corrected chi connectivity index (χ0v) is 12.0. The van der Waals surface area contributed by atoms with E-state index in [2.05, 4.69) is 4.99 Å². The number of nitrogens with one attached hydrogen (secondary N) is 1. The van der Waals surface area contributed by atoms with Crippen molar-refractivity contribution in [3.63, 3.8) is 0 Å². The largest absolute Gasteiger partial charge is 0.374 e. The normalized spacial score (nSPS) is 14.3. The maximum absolute atomic E-state index is 6.92. The van der Waals surface area contributed by atoms with E-state index < -0.39 is 0 Å². The maximum atomic E-state index is 6.92. The van der Waals surface area contributed by atoms with Gasteiger partial charge in [0.25, 0.3) is 0 Å². The summed E-state index contributed by atoms with van der Waals surface area (Å²) in [5.74, 6) is 0. The van der Waals surface area contributed by atoms with Crippen LogP contribution in [0.25, 0.3) is 0 Å². The third kappa shape index (κ3) is 5.94. The fourth-order valence-electron chi connectivity index (χ4n) is 1.05. The van der Waals surface area contributed by atoms with E-state index in [1.807, 2.05) is 41.5 Å². The highest BCUT2D eigenvalue weighted by Crippen LogP contribution is 2.24. The van der Waals surface area contributed by atoms with Gasteiger partial charge in [0.15, 0.2) is 0 Å². The van der Waals surface area contributed by atoms with Gasteiger partial charge in [-0.3, -0.25) is 4.99 Å². The molecule has 0 saturated carbocycles. The molecule has 3 N–H and O–H groups in total. The number of aliphatic imine (C=N–C) groups is 1. The first-order chi connectivity index (χ1) is 7.52. The lowest BCUT2D eigenvalue weighted by atomic mass is 9.87. The van der Waals surface area contributed by atoms with Crippen LogP contribution in [0.1, 0.15) is 48.0 Å². The molecule has 0 spiro atoms. The fourth-order valence-corrected chi connectivity index (χ4v) is 1.05. The molecule has 0 amide bonds. The number of ether oxygens (including phenoxy) is 1. The predicted octanol–water partition coefficient (Wildman–Crippen LogP) is 2.41. The molecule has 0 aromatic rings. The van der Waals surface area contributed by atoms with Gasteiger partial charge in [0, 0.05) is 24.6 Å². The van der Waals surface area contributed by atoms with E-state index >= 15 is 0 Å². The van der Waals surface area contributed by atoms with Crippen molar-refractivity contribution in [1.29, 1.82) is 5.41 Å². The van der Waals surface area contributed by atoms with Crippen molar-refractivity contribution in [2.45, 2.75) is 64.6 Å². The van der Waals surface area contributed by atoms with E-state index in [1.54, 1.807) is 0 Å². The van der Waals surface area contributed by atoms with E-state index in [9.17, 15) is 0 Å². The second-order valence-corrected chi connectivity index (χ2v) is 6.09. The van der Waals surface area contributed by atoms with Gasteiger partial charge in [-0.2, -0.15) is 0 Å². The molecule has 0 atom stereocenters. The van der Waals surface area contributed by atoms with Gasteiger partial charge in [0.1, 0.15) is 0 Å². The van der Waals surface area contributed by atoms with Gasteiger partial charge in [-0.1, -0.05) is 0 Å². The van der Waals surface area contributed by atoms with Gasteiger partial charge in [0.2, 0.25) is 0 Å². The molecule has 100 valence electrons. The van der Waals surface area contributed by atoms with Crippen LogP contribution >= 0.6 is 0 Å². The zero-order chi connectivity index (χ0) is 13.7. The summed E-state index contributed by atoms with van der Waals surface area (Å²) in [6, 6.07) is 0. The Morgan fingerprint density at radius 1 is 1.18 bits per heavy atom. The van der Waals surface area contributed by atoms with Crippen molar-refractivity contribution in [2.75, 3.05) is 6.61 Å². The minimum atomic E-state index is -0.380. The molecule has 0 rings (SSSR count). The average Bonchev–Trinajstić information content (AvgIpc) is 2.12. The minimum Gasteiger partial charge on any atom is -0.374 e. The zero-order valence-electron chi connectivity index (χ0n) is 12.0. The van der Waals surface area contributed by atoms with Gasteiger partial charge in [0.05, 0.1) is 11.1 Å². The molecule has 0 aliphatic heterocycles. The Bertz CT molecular complexity index is 275. The number of nitrogens with zero attached hydrogens (tertiary/aromatic N) is 1. The van der Waals surface area contributed by atoms with E-state index in [0.29, 0.717) is 6.61 Å². The van der Waals surface area contributed by atoms with E-state index in [4.69, 9.17) is 15.9 Å². The van der Waals surface area contributed by atoms with Crippen LogP contribution in [0.4, 0.5) is 0 Å². The Morgan fingerprint density at radius 3 is 2.12 bits per heavy atom. The maximum Gasteiger partial charge on any atom is 0.0799 e. The van der Waals surface area contributed by atoms with Crippen molar-refractivity contribution in [3.05, 3.63) is 0 Å². The number of hydrogen-bond acceptors (Lipinski definition) is 4. The number of rotatable bonds is 7. The molecular weight excluding hydrogens is 214 g/mol. The summed E-state index contributed by atoms with van der Waals surface area (Å²) in [6.07, 6.45) is 3.50. The van der Waals surface area contributed by atoms with Crippen molar-refractivity contribution < 1.29 is 4.74 Å². The van der Waals surface area contributed by atoms with Crippen LogP contribution in [0, 0.1) is 5.41 Å². The Morgan fingerprint density at radius 2 is 1.71 bits per heavy atom. The summed E-state index contributed by atoms with van der Waals surface area (Å²) in [5, 5.41) is 6.92. The molecule has 0 fully saturated rings. The minimum absolute atomic E-state index is 0.202. The van der Waals surface area contributed by atoms with Crippen LogP contribution in [0.5, 0.6) is 0 Å². The van der Waals surface area contributed by atoms with E-state index in [0.717, 1.165) is 6.42 Å². The monoisotopic (exact) mass is 241 g/mol. The standard InChI is InChI=1S/C13H27N3O/c1-11(2,16-9-8-14)7-10-17-13(5,6)12(3,4)15/h8-9,14H,7,10,15H2,1-6H3. The van der Waals surface area contributed by atoms with Crippen LogP contribution in [0.2, 0.25) is 0 Å². The second-order valence-electron chi connectivity index (χ2n) is 6.09. The van der Waals surface area contributed by atoms with Gasteiger partial charge < -0.3 is 15.9 Å². The average molecular weight is 241 g/mol. The molecule has 0 aliphatic rings. The van der Waals surface area contributed by atoms with E-state index in [1.165, 1.54) is 12.4 Å². The number of nitrogens with two attached hydrogens (primary N) is 1. The van der Waals surface area contributed by atoms with Crippen molar-refractivity contribution in [2.24, 2.45) is 10.7 Å². The van der Waals surface area contributed by atoms with Crippen LogP contribution in [-0.2, 0) is 4.74 Å². The van der Waals surface area contributed by atoms with Gasteiger partial charge in [-0.25, -0.2) is 0 Å². The summed E-state index contributed by atoms with van der Waals surface area (Å²) in [4.78, 5) is 4.28. The molecule has 4 nitrogen and oxygen atoms in total. The molecule has 0 aliphatic carbocycles. The SMILES string of the molecule is CC(C)(CCOC(C)(C)C(C)(C)N)N=CC=N. The van der Waals surface area contributed by atoms with Crippen molar-refractivity contribution in [3.8, 4) is 0 Å². The van der Waals surface area contributed by atoms with Crippen LogP contribution in [0.3, 0.4) is 0 Å². The Kier molecular flexibility index (Phi) is 5.49. The molecule has 0 aromatic carbocycles. The van der Waals surface area contributed by atoms with Crippen molar-refractivity contribution in [1.82, 2.24) is 0 Å². The molecule has 0 radical (unpaired) electrons. The third-order valence-electron chi connectivity index (χ3n) is 3.23. The van der Waals surface area contributed by atoms with Gasteiger partial charge >= 0.3 is 0 Å². The summed E-state index contributed by atoms with van der Waals surface area (Å²) in [6.45, 7) is 12.6. The molecule has 0 heterocycles. The van der Waals surface area contributed by atoms with E-state index in [-0.39, 0.29) is 16.7 Å². The second kappa shape index (κ2) is 5.74. The first kappa shape index (κ1) is 16.3. The fraction of sp³-hybridized carbons (Fsp3) is 0.846. The number of hydrogen-bond donors (Lipinski definition) is 2. The molecule has 4 heteroatoms. The molecule has 0 saturated heterocycles. The predicted molar refractivity (Wildman–Crippen MR) is 74.3 cm³/mol.